The van der Waals surface area contributed by atoms with Crippen LogP contribution in [0.2, 0.25) is 0 Å². The highest BCUT2D eigenvalue weighted by atomic mass is 16.5. The van der Waals surface area contributed by atoms with Gasteiger partial charge in [-0.05, 0) is 18.1 Å². The molecule has 0 aliphatic heterocycles. The molecule has 0 saturated carbocycles. The summed E-state index contributed by atoms with van der Waals surface area (Å²) in [4.78, 5) is 11.2. The third-order valence-electron chi connectivity index (χ3n) is 1.59. The number of furan rings is 1. The largest absolute Gasteiger partial charge is 0.472 e. The maximum atomic E-state index is 11.2. The molecule has 0 aliphatic carbocycles. The van der Waals surface area contributed by atoms with Crippen molar-refractivity contribution < 1.29 is 13.9 Å². The first-order valence-electron chi connectivity index (χ1n) is 4.43. The van der Waals surface area contributed by atoms with Crippen molar-refractivity contribution in [3.63, 3.8) is 0 Å². The molecule has 0 bridgehead atoms. The van der Waals surface area contributed by atoms with Crippen molar-refractivity contribution in [2.75, 3.05) is 13.2 Å². The fourth-order valence-corrected chi connectivity index (χ4v) is 1.00. The van der Waals surface area contributed by atoms with Crippen molar-refractivity contribution in [1.29, 1.82) is 0 Å². The Kier molecular flexibility index (Phi) is 4.26. The van der Waals surface area contributed by atoms with Crippen LogP contribution >= 0.6 is 0 Å². The molecule has 0 fully saturated rings. The zero-order valence-electron chi connectivity index (χ0n) is 7.79. The van der Waals surface area contributed by atoms with Gasteiger partial charge in [0.2, 0.25) is 0 Å². The molecule has 0 unspecified atom stereocenters. The number of Topliss-reactive ketones (excluding diaryl/α,β-unsaturated/α-hetero) is 1. The number of hydrogen-bond acceptors (Lipinski definition) is 3. The molecular weight excluding hydrogens is 168 g/mol. The lowest BCUT2D eigenvalue weighted by atomic mass is 10.2. The third kappa shape index (κ3) is 3.90. The van der Waals surface area contributed by atoms with Gasteiger partial charge in [-0.25, -0.2) is 0 Å². The second-order valence-electron chi connectivity index (χ2n) is 2.90. The molecule has 0 radical (unpaired) electrons. The van der Waals surface area contributed by atoms with Gasteiger partial charge in [-0.1, -0.05) is 6.92 Å². The quantitative estimate of drug-likeness (QED) is 0.630. The Morgan fingerprint density at radius 1 is 1.62 bits per heavy atom. The van der Waals surface area contributed by atoms with Crippen molar-refractivity contribution >= 4 is 5.78 Å². The normalized spacial score (nSPS) is 10.2. The molecular formula is C10H14O3. The van der Waals surface area contributed by atoms with Crippen molar-refractivity contribution in [3.05, 3.63) is 24.2 Å². The van der Waals surface area contributed by atoms with Crippen LogP contribution in [0, 0.1) is 0 Å². The first-order valence-corrected chi connectivity index (χ1v) is 4.43. The molecule has 0 saturated heterocycles. The molecule has 0 atom stereocenters. The summed E-state index contributed by atoms with van der Waals surface area (Å²) in [6.45, 7) is 2.87. The van der Waals surface area contributed by atoms with Gasteiger partial charge in [-0.2, -0.15) is 0 Å². The summed E-state index contributed by atoms with van der Waals surface area (Å²) in [6, 6.07) is 1.79. The van der Waals surface area contributed by atoms with Gasteiger partial charge < -0.3 is 9.15 Å². The van der Waals surface area contributed by atoms with Crippen molar-refractivity contribution in [2.45, 2.75) is 19.8 Å². The lowest BCUT2D eigenvalue weighted by molar-refractivity contribution is -0.122. The molecule has 72 valence electrons. The average Bonchev–Trinajstić information content (AvgIpc) is 2.57. The van der Waals surface area contributed by atoms with Crippen LogP contribution in [0.3, 0.4) is 0 Å². The van der Waals surface area contributed by atoms with E-state index in [0.717, 1.165) is 12.0 Å². The van der Waals surface area contributed by atoms with Gasteiger partial charge in [0.25, 0.3) is 0 Å². The first kappa shape index (κ1) is 9.99. The fraction of sp³-hybridized carbons (Fsp3) is 0.500. The highest BCUT2D eigenvalue weighted by Crippen LogP contribution is 2.01. The maximum absolute atomic E-state index is 11.2. The zero-order valence-corrected chi connectivity index (χ0v) is 7.79. The summed E-state index contributed by atoms with van der Waals surface area (Å²) in [5.74, 6) is 0.0925. The van der Waals surface area contributed by atoms with Gasteiger partial charge in [0.1, 0.15) is 6.61 Å². The van der Waals surface area contributed by atoms with E-state index in [0.29, 0.717) is 13.0 Å². The summed E-state index contributed by atoms with van der Waals surface area (Å²) < 4.78 is 9.96. The Morgan fingerprint density at radius 3 is 3.08 bits per heavy atom. The summed E-state index contributed by atoms with van der Waals surface area (Å²) in [5.41, 5.74) is 0.907. The van der Waals surface area contributed by atoms with Crippen LogP contribution < -0.4 is 0 Å². The van der Waals surface area contributed by atoms with Crippen LogP contribution in [0.25, 0.3) is 0 Å². The number of ketones is 1. The molecule has 0 N–H and O–H groups in total. The Hall–Kier alpha value is -1.09. The predicted molar refractivity (Wildman–Crippen MR) is 48.5 cm³/mol. The fourth-order valence-electron chi connectivity index (χ4n) is 1.00. The topological polar surface area (TPSA) is 39.4 Å². The molecule has 13 heavy (non-hydrogen) atoms. The maximum Gasteiger partial charge on any atom is 0.162 e. The van der Waals surface area contributed by atoms with Crippen LogP contribution in [-0.2, 0) is 16.0 Å². The smallest absolute Gasteiger partial charge is 0.162 e. The van der Waals surface area contributed by atoms with E-state index in [1.807, 2.05) is 6.92 Å². The van der Waals surface area contributed by atoms with Gasteiger partial charge >= 0.3 is 0 Å². The predicted octanol–water partition coefficient (Wildman–Crippen LogP) is 1.82. The van der Waals surface area contributed by atoms with E-state index < -0.39 is 0 Å². The van der Waals surface area contributed by atoms with E-state index in [1.54, 1.807) is 18.6 Å². The van der Waals surface area contributed by atoms with Crippen molar-refractivity contribution in [3.8, 4) is 0 Å². The lowest BCUT2D eigenvalue weighted by Gasteiger charge is -1.99. The highest BCUT2D eigenvalue weighted by Gasteiger charge is 2.04. The Morgan fingerprint density at radius 2 is 2.46 bits per heavy atom. The molecule has 0 amide bonds. The van der Waals surface area contributed by atoms with Crippen LogP contribution in [0.4, 0.5) is 0 Å². The minimum atomic E-state index is 0.0925. The van der Waals surface area contributed by atoms with E-state index in [4.69, 9.17) is 9.15 Å². The molecule has 0 aromatic carbocycles. The standard InChI is InChI=1S/C10H14O3/c1-2-4-12-8-10(11)6-9-3-5-13-7-9/h3,5,7H,2,4,6,8H2,1H3. The van der Waals surface area contributed by atoms with E-state index in [1.165, 1.54) is 0 Å². The van der Waals surface area contributed by atoms with Gasteiger partial charge in [-0.15, -0.1) is 0 Å². The van der Waals surface area contributed by atoms with Crippen LogP contribution in [0.5, 0.6) is 0 Å². The minimum Gasteiger partial charge on any atom is -0.472 e. The van der Waals surface area contributed by atoms with Crippen molar-refractivity contribution in [1.82, 2.24) is 0 Å². The van der Waals surface area contributed by atoms with Crippen LogP contribution in [0.1, 0.15) is 18.9 Å². The summed E-state index contributed by atoms with van der Waals surface area (Å²) in [7, 11) is 0. The van der Waals surface area contributed by atoms with Crippen molar-refractivity contribution in [2.24, 2.45) is 0 Å². The van der Waals surface area contributed by atoms with E-state index in [9.17, 15) is 4.79 Å². The monoisotopic (exact) mass is 182 g/mol. The summed E-state index contributed by atoms with van der Waals surface area (Å²) in [5, 5.41) is 0. The molecule has 0 spiro atoms. The molecule has 1 rings (SSSR count). The Bertz CT molecular complexity index is 239. The number of ether oxygens (including phenoxy) is 1. The molecule has 0 aliphatic rings. The SMILES string of the molecule is CCCOCC(=O)Cc1ccoc1. The molecule has 3 nitrogen and oxygen atoms in total. The van der Waals surface area contributed by atoms with Gasteiger partial charge in [0, 0.05) is 13.0 Å². The number of rotatable bonds is 6. The molecule has 1 aromatic heterocycles. The second kappa shape index (κ2) is 5.54. The first-order chi connectivity index (χ1) is 6.33. The molecule has 1 aromatic rings. The number of carbonyl (C=O) groups is 1. The van der Waals surface area contributed by atoms with Gasteiger partial charge in [0.05, 0.1) is 12.5 Å². The zero-order chi connectivity index (χ0) is 9.52. The van der Waals surface area contributed by atoms with Crippen LogP contribution in [0.15, 0.2) is 23.0 Å². The van der Waals surface area contributed by atoms with E-state index in [-0.39, 0.29) is 12.4 Å². The summed E-state index contributed by atoms with van der Waals surface area (Å²) >= 11 is 0. The second-order valence-corrected chi connectivity index (χ2v) is 2.90. The van der Waals surface area contributed by atoms with Crippen LogP contribution in [-0.4, -0.2) is 19.0 Å². The molecule has 1 heterocycles. The molecule has 3 heteroatoms. The number of hydrogen-bond donors (Lipinski definition) is 0. The summed E-state index contributed by atoms with van der Waals surface area (Å²) in [6.07, 6.45) is 4.49. The minimum absolute atomic E-state index is 0.0925. The van der Waals surface area contributed by atoms with Gasteiger partial charge in [0.15, 0.2) is 5.78 Å². The van der Waals surface area contributed by atoms with E-state index in [2.05, 4.69) is 0 Å². The highest BCUT2D eigenvalue weighted by molar-refractivity contribution is 5.81. The Balaban J connectivity index is 2.18. The average molecular weight is 182 g/mol. The number of carbonyl (C=O) groups excluding carboxylic acids is 1. The van der Waals surface area contributed by atoms with Gasteiger partial charge in [-0.3, -0.25) is 4.79 Å². The Labute approximate surface area is 77.7 Å². The third-order valence-corrected chi connectivity index (χ3v) is 1.59. The lowest BCUT2D eigenvalue weighted by Crippen LogP contribution is -2.11. The van der Waals surface area contributed by atoms with E-state index >= 15 is 0 Å².